The van der Waals surface area contributed by atoms with Crippen LogP contribution in [-0.4, -0.2) is 52.9 Å². The number of rotatable bonds is 4. The number of ether oxygens (including phenoxy) is 2. The Bertz CT molecular complexity index is 535. The first-order valence-electron chi connectivity index (χ1n) is 5.85. The maximum atomic E-state index is 14.3. The molecule has 20 heavy (non-hydrogen) atoms. The fourth-order valence-electron chi connectivity index (χ4n) is 2.26. The smallest absolute Gasteiger partial charge is 0.351 e. The van der Waals surface area contributed by atoms with Crippen molar-refractivity contribution in [1.82, 2.24) is 9.55 Å². The number of nitrogens with two attached hydrogens (primary N) is 1. The minimum absolute atomic E-state index is 0.0261. The van der Waals surface area contributed by atoms with Crippen molar-refractivity contribution in [2.75, 3.05) is 26.1 Å². The summed E-state index contributed by atoms with van der Waals surface area (Å²) in [6, 6.07) is 1.29. The summed E-state index contributed by atoms with van der Waals surface area (Å²) < 4.78 is 38.5. The van der Waals surface area contributed by atoms with E-state index in [-0.39, 0.29) is 5.82 Å². The first kappa shape index (κ1) is 14.8. The van der Waals surface area contributed by atoms with E-state index in [1.807, 2.05) is 0 Å². The van der Waals surface area contributed by atoms with E-state index in [1.165, 1.54) is 19.4 Å². The van der Waals surface area contributed by atoms with Crippen LogP contribution in [0.15, 0.2) is 17.1 Å². The van der Waals surface area contributed by atoms with Gasteiger partial charge in [0.05, 0.1) is 6.61 Å². The summed E-state index contributed by atoms with van der Waals surface area (Å²) in [5.74, 6) is -0.0261. The second kappa shape index (κ2) is 5.43. The molecule has 0 spiro atoms. The van der Waals surface area contributed by atoms with E-state index >= 15 is 0 Å². The molecule has 1 fully saturated rings. The Kier molecular flexibility index (Phi) is 4.02. The van der Waals surface area contributed by atoms with Crippen LogP contribution in [0.2, 0.25) is 0 Å². The van der Waals surface area contributed by atoms with E-state index in [4.69, 9.17) is 15.2 Å². The second-order valence-electron chi connectivity index (χ2n) is 4.51. The lowest BCUT2D eigenvalue weighted by Gasteiger charge is -2.28. The lowest BCUT2D eigenvalue weighted by atomic mass is 9.98. The summed E-state index contributed by atoms with van der Waals surface area (Å²) in [5.41, 5.74) is 2.66. The average Bonchev–Trinajstić information content (AvgIpc) is 2.72. The minimum atomic E-state index is -1.85. The molecule has 1 saturated heterocycles. The fraction of sp³-hybridized carbons (Fsp3) is 0.636. The van der Waals surface area contributed by atoms with Crippen molar-refractivity contribution in [2.24, 2.45) is 0 Å². The zero-order valence-corrected chi connectivity index (χ0v) is 10.7. The third-order valence-corrected chi connectivity index (χ3v) is 3.31. The molecule has 4 atom stereocenters. The van der Waals surface area contributed by atoms with Crippen molar-refractivity contribution in [3.63, 3.8) is 0 Å². The van der Waals surface area contributed by atoms with Gasteiger partial charge in [0, 0.05) is 13.3 Å². The van der Waals surface area contributed by atoms with Crippen LogP contribution in [0.25, 0.3) is 0 Å². The summed E-state index contributed by atoms with van der Waals surface area (Å²) in [7, 11) is 1.17. The summed E-state index contributed by atoms with van der Waals surface area (Å²) in [5, 5.41) is 9.28. The van der Waals surface area contributed by atoms with Crippen LogP contribution in [0.1, 0.15) is 6.23 Å². The number of aromatic nitrogens is 2. The number of methoxy groups -OCH3 is 1. The third-order valence-electron chi connectivity index (χ3n) is 3.31. The van der Waals surface area contributed by atoms with Crippen LogP contribution < -0.4 is 11.4 Å². The summed E-state index contributed by atoms with van der Waals surface area (Å²) in [6.45, 7) is -1.94. The van der Waals surface area contributed by atoms with Crippen LogP contribution in [0, 0.1) is 0 Å². The highest BCUT2D eigenvalue weighted by atomic mass is 19.1. The highest BCUT2D eigenvalue weighted by Gasteiger charge is 2.57. The van der Waals surface area contributed by atoms with Gasteiger partial charge in [0.2, 0.25) is 0 Å². The van der Waals surface area contributed by atoms with Gasteiger partial charge in [0.25, 0.3) is 0 Å². The number of aliphatic hydroxyl groups is 1. The maximum absolute atomic E-state index is 14.3. The Morgan fingerprint density at radius 2 is 2.40 bits per heavy atom. The highest BCUT2D eigenvalue weighted by Crippen LogP contribution is 2.40. The molecule has 0 unspecified atom stereocenters. The first-order chi connectivity index (χ1) is 9.49. The molecule has 9 heteroatoms. The lowest BCUT2D eigenvalue weighted by molar-refractivity contribution is -0.144. The molecule has 2 heterocycles. The maximum Gasteiger partial charge on any atom is 0.351 e. The van der Waals surface area contributed by atoms with E-state index in [2.05, 4.69) is 4.98 Å². The predicted molar refractivity (Wildman–Crippen MR) is 64.5 cm³/mol. The monoisotopic (exact) mass is 291 g/mol. The topological polar surface area (TPSA) is 99.6 Å². The molecule has 0 amide bonds. The van der Waals surface area contributed by atoms with Gasteiger partial charge < -0.3 is 20.3 Å². The van der Waals surface area contributed by atoms with Crippen LogP contribution >= 0.6 is 0 Å². The third kappa shape index (κ3) is 2.17. The highest BCUT2D eigenvalue weighted by molar-refractivity contribution is 5.23. The van der Waals surface area contributed by atoms with Crippen molar-refractivity contribution in [3.05, 3.63) is 22.7 Å². The lowest BCUT2D eigenvalue weighted by Crippen LogP contribution is -2.48. The number of anilines is 1. The Balaban J connectivity index is 2.41. The number of hydrogen-bond donors (Lipinski definition) is 2. The number of alkyl halides is 2. The number of hydrogen-bond acceptors (Lipinski definition) is 6. The van der Waals surface area contributed by atoms with Gasteiger partial charge in [-0.1, -0.05) is 0 Å². The average molecular weight is 291 g/mol. The number of nitrogens with zero attached hydrogens (tertiary/aromatic N) is 2. The molecule has 1 aliphatic heterocycles. The fourth-order valence-corrected chi connectivity index (χ4v) is 2.26. The van der Waals surface area contributed by atoms with Gasteiger partial charge in [-0.25, -0.2) is 13.6 Å². The Morgan fingerprint density at radius 1 is 1.70 bits per heavy atom. The second-order valence-corrected chi connectivity index (χ2v) is 4.51. The summed E-state index contributed by atoms with van der Waals surface area (Å²) in [6.07, 6.45) is -3.43. The van der Waals surface area contributed by atoms with Crippen molar-refractivity contribution < 1.29 is 23.4 Å². The molecule has 0 saturated carbocycles. The van der Waals surface area contributed by atoms with E-state index < -0.39 is 43.1 Å². The molecule has 112 valence electrons. The van der Waals surface area contributed by atoms with E-state index in [0.29, 0.717) is 0 Å². The van der Waals surface area contributed by atoms with Gasteiger partial charge in [-0.3, -0.25) is 4.57 Å². The quantitative estimate of drug-likeness (QED) is 0.769. The van der Waals surface area contributed by atoms with Crippen LogP contribution in [0.5, 0.6) is 0 Å². The molecular weight excluding hydrogens is 276 g/mol. The Hall–Kier alpha value is -1.58. The number of nitrogen functional groups attached to an aromatic ring is 1. The van der Waals surface area contributed by atoms with Crippen molar-refractivity contribution in [3.8, 4) is 0 Å². The van der Waals surface area contributed by atoms with Crippen LogP contribution in [-0.2, 0) is 9.47 Å². The van der Waals surface area contributed by atoms with Gasteiger partial charge in [-0.05, 0) is 6.07 Å². The molecule has 7 nitrogen and oxygen atoms in total. The molecule has 2 rings (SSSR count). The largest absolute Gasteiger partial charge is 0.393 e. The molecule has 0 aliphatic carbocycles. The van der Waals surface area contributed by atoms with Gasteiger partial charge in [0.1, 0.15) is 18.6 Å². The molecule has 0 aromatic carbocycles. The molecular formula is C11H15F2N3O4. The van der Waals surface area contributed by atoms with Crippen molar-refractivity contribution >= 4 is 5.82 Å². The van der Waals surface area contributed by atoms with E-state index in [0.717, 1.165) is 4.57 Å². The molecule has 0 radical (unpaired) electrons. The summed E-state index contributed by atoms with van der Waals surface area (Å²) in [4.78, 5) is 15.1. The first-order valence-corrected chi connectivity index (χ1v) is 5.85. The van der Waals surface area contributed by atoms with E-state index in [1.54, 1.807) is 0 Å². The van der Waals surface area contributed by atoms with Crippen molar-refractivity contribution in [2.45, 2.75) is 24.1 Å². The predicted octanol–water partition coefficient (Wildman–Crippen LogP) is -0.592. The summed E-state index contributed by atoms with van der Waals surface area (Å²) >= 11 is 0. The molecule has 1 aromatic rings. The van der Waals surface area contributed by atoms with Crippen LogP contribution in [0.3, 0.4) is 0 Å². The normalized spacial score (nSPS) is 33.5. The number of halogens is 2. The Labute approximate surface area is 112 Å². The molecule has 0 bridgehead atoms. The standard InChI is InChI=1S/C11H15F2N3O4/c1-19-8-7(13)9(20-11(8,4-12)5-17)16-3-2-6(14)15-10(16)18/h2-3,7-9,17H,4-5H2,1H3,(H2,14,15,18)/t7-,8+,9-,11-/m1/s1. The SMILES string of the molecule is CO[C@H]1[C@@H](F)[C@H](n2ccc(N)nc2=O)O[C@@]1(CO)CF. The number of aliphatic hydroxyl groups excluding tert-OH is 1. The molecule has 1 aliphatic rings. The van der Waals surface area contributed by atoms with Crippen molar-refractivity contribution in [1.29, 1.82) is 0 Å². The van der Waals surface area contributed by atoms with Gasteiger partial charge in [0.15, 0.2) is 18.0 Å². The zero-order chi connectivity index (χ0) is 14.9. The molecule has 3 N–H and O–H groups in total. The Morgan fingerprint density at radius 3 is 2.85 bits per heavy atom. The minimum Gasteiger partial charge on any atom is -0.393 e. The van der Waals surface area contributed by atoms with E-state index in [9.17, 15) is 18.7 Å². The van der Waals surface area contributed by atoms with Crippen LogP contribution in [0.4, 0.5) is 14.6 Å². The van der Waals surface area contributed by atoms with Gasteiger partial charge in [-0.15, -0.1) is 0 Å². The molecule has 1 aromatic heterocycles. The van der Waals surface area contributed by atoms with Gasteiger partial charge >= 0.3 is 5.69 Å². The van der Waals surface area contributed by atoms with Gasteiger partial charge in [-0.2, -0.15) is 4.98 Å². The zero-order valence-electron chi connectivity index (χ0n) is 10.7.